The Morgan fingerprint density at radius 2 is 1.82 bits per heavy atom. The van der Waals surface area contributed by atoms with Crippen LogP contribution in [0, 0.1) is 29.6 Å². The molecule has 4 unspecified atom stereocenters. The molecule has 3 N–H and O–H groups in total. The van der Waals surface area contributed by atoms with Crippen LogP contribution >= 0.6 is 0 Å². The van der Waals surface area contributed by atoms with Crippen LogP contribution in [-0.4, -0.2) is 28.8 Å². The van der Waals surface area contributed by atoms with Crippen LogP contribution < -0.4 is 5.32 Å². The molecule has 3 aliphatic rings. The van der Waals surface area contributed by atoms with Crippen molar-refractivity contribution in [2.24, 2.45) is 29.6 Å². The summed E-state index contributed by atoms with van der Waals surface area (Å²) in [5.74, 6) is 3.42. The number of phenolic OH excluding ortho intramolecular Hbond substituents is 1. The zero-order valence-electron chi connectivity index (χ0n) is 12.6. The molecule has 0 radical (unpaired) electrons. The molecule has 22 heavy (non-hydrogen) atoms. The van der Waals surface area contributed by atoms with Gasteiger partial charge >= 0.3 is 0 Å². The Labute approximate surface area is 130 Å². The van der Waals surface area contributed by atoms with Gasteiger partial charge in [-0.25, -0.2) is 0 Å². The summed E-state index contributed by atoms with van der Waals surface area (Å²) in [6.45, 7) is -0.0540. The minimum Gasteiger partial charge on any atom is -0.508 e. The van der Waals surface area contributed by atoms with Gasteiger partial charge in [-0.2, -0.15) is 0 Å². The molecule has 2 bridgehead atoms. The molecule has 0 heterocycles. The predicted molar refractivity (Wildman–Crippen MR) is 82.1 cm³/mol. The van der Waals surface area contributed by atoms with E-state index in [9.17, 15) is 15.0 Å². The average Bonchev–Trinajstić information content (AvgIpc) is 2.97. The summed E-state index contributed by atoms with van der Waals surface area (Å²) in [4.78, 5) is 12.5. The highest BCUT2D eigenvalue weighted by Crippen LogP contribution is 2.69. The first-order valence-electron chi connectivity index (χ1n) is 8.36. The predicted octanol–water partition coefficient (Wildman–Crippen LogP) is 1.70. The fourth-order valence-electron chi connectivity index (χ4n) is 5.05. The lowest BCUT2D eigenvalue weighted by molar-refractivity contribution is -0.124. The Hall–Kier alpha value is -1.55. The largest absolute Gasteiger partial charge is 0.508 e. The monoisotopic (exact) mass is 301 g/mol. The van der Waals surface area contributed by atoms with E-state index in [-0.39, 0.29) is 30.2 Å². The van der Waals surface area contributed by atoms with Crippen LogP contribution in [0.1, 0.15) is 24.8 Å². The molecule has 4 rings (SSSR count). The van der Waals surface area contributed by atoms with E-state index in [1.165, 1.54) is 19.3 Å². The van der Waals surface area contributed by atoms with Crippen molar-refractivity contribution < 1.29 is 15.0 Å². The molecule has 118 valence electrons. The smallest absolute Gasteiger partial charge is 0.224 e. The average molecular weight is 301 g/mol. The van der Waals surface area contributed by atoms with Gasteiger partial charge in [0.2, 0.25) is 5.91 Å². The van der Waals surface area contributed by atoms with E-state index in [2.05, 4.69) is 5.32 Å². The van der Waals surface area contributed by atoms with Crippen molar-refractivity contribution in [3.8, 4) is 5.75 Å². The van der Waals surface area contributed by atoms with Gasteiger partial charge in [-0.15, -0.1) is 0 Å². The summed E-state index contributed by atoms with van der Waals surface area (Å²) in [7, 11) is 0. The van der Waals surface area contributed by atoms with Gasteiger partial charge in [0.15, 0.2) is 0 Å². The second-order valence-electron chi connectivity index (χ2n) is 7.27. The molecule has 0 aromatic heterocycles. The molecule has 3 saturated carbocycles. The molecule has 0 aliphatic heterocycles. The number of nitrogens with one attached hydrogen (secondary N) is 1. The first kappa shape index (κ1) is 14.1. The lowest BCUT2D eigenvalue weighted by Crippen LogP contribution is -2.40. The van der Waals surface area contributed by atoms with Crippen molar-refractivity contribution in [3.05, 3.63) is 29.8 Å². The minimum absolute atomic E-state index is 0.0540. The van der Waals surface area contributed by atoms with E-state index in [0.29, 0.717) is 18.3 Å². The van der Waals surface area contributed by atoms with Crippen LogP contribution in [0.15, 0.2) is 24.3 Å². The van der Waals surface area contributed by atoms with Gasteiger partial charge in [-0.1, -0.05) is 12.1 Å². The highest BCUT2D eigenvalue weighted by molar-refractivity contribution is 5.83. The summed E-state index contributed by atoms with van der Waals surface area (Å²) in [6, 6.07) is 6.69. The molecular weight excluding hydrogens is 278 g/mol. The molecule has 1 amide bonds. The van der Waals surface area contributed by atoms with Gasteiger partial charge < -0.3 is 15.5 Å². The van der Waals surface area contributed by atoms with E-state index >= 15 is 0 Å². The second-order valence-corrected chi connectivity index (χ2v) is 7.27. The standard InChI is InChI=1S/C18H23NO3/c20-9-13(7-10-1-5-14(21)6-2-10)19-18(22)17-15-11-3-4-12(8-11)16(15)17/h1-2,5-6,11-13,15-17,20-21H,3-4,7-9H2,(H,19,22)/t11?,12?,13-,15?,16?,17?/m0/s1. The number of carbonyl (C=O) groups is 1. The maximum Gasteiger partial charge on any atom is 0.224 e. The molecule has 3 aliphatic carbocycles. The van der Waals surface area contributed by atoms with Gasteiger partial charge in [-0.05, 0) is 67.1 Å². The van der Waals surface area contributed by atoms with E-state index in [4.69, 9.17) is 0 Å². The van der Waals surface area contributed by atoms with E-state index in [1.807, 2.05) is 12.1 Å². The van der Waals surface area contributed by atoms with Crippen molar-refractivity contribution >= 4 is 5.91 Å². The molecule has 4 heteroatoms. The fraction of sp³-hybridized carbons (Fsp3) is 0.611. The summed E-state index contributed by atoms with van der Waals surface area (Å²) >= 11 is 0. The number of hydrogen-bond acceptors (Lipinski definition) is 3. The van der Waals surface area contributed by atoms with Crippen molar-refractivity contribution in [2.45, 2.75) is 31.7 Å². The van der Waals surface area contributed by atoms with Crippen molar-refractivity contribution in [3.63, 3.8) is 0 Å². The summed E-state index contributed by atoms with van der Waals surface area (Å²) in [6.07, 6.45) is 4.56. The summed E-state index contributed by atoms with van der Waals surface area (Å²) in [5, 5.41) is 21.9. The SMILES string of the molecule is O=C(N[C@H](CO)Cc1ccc(O)cc1)C1C2C3CCC(C3)C12. The summed E-state index contributed by atoms with van der Waals surface area (Å²) < 4.78 is 0. The van der Waals surface area contributed by atoms with Crippen LogP contribution in [-0.2, 0) is 11.2 Å². The highest BCUT2D eigenvalue weighted by atomic mass is 16.3. The molecule has 3 fully saturated rings. The van der Waals surface area contributed by atoms with Crippen molar-refractivity contribution in [1.82, 2.24) is 5.32 Å². The van der Waals surface area contributed by atoms with Gasteiger partial charge in [0.25, 0.3) is 0 Å². The van der Waals surface area contributed by atoms with Crippen LogP contribution in [0.4, 0.5) is 0 Å². The lowest BCUT2D eigenvalue weighted by atomic mass is 10.0. The minimum atomic E-state index is -0.240. The number of hydrogen-bond donors (Lipinski definition) is 3. The number of aromatic hydroxyl groups is 1. The van der Waals surface area contributed by atoms with Crippen LogP contribution in [0.3, 0.4) is 0 Å². The third-order valence-electron chi connectivity index (χ3n) is 6.02. The molecular formula is C18H23NO3. The van der Waals surface area contributed by atoms with Gasteiger partial charge in [-0.3, -0.25) is 4.79 Å². The number of aliphatic hydroxyl groups is 1. The van der Waals surface area contributed by atoms with Crippen molar-refractivity contribution in [1.29, 1.82) is 0 Å². The number of carbonyl (C=O) groups excluding carboxylic acids is 1. The second kappa shape index (κ2) is 5.27. The Kier molecular flexibility index (Phi) is 3.37. The Morgan fingerprint density at radius 3 is 2.41 bits per heavy atom. The first-order valence-corrected chi connectivity index (χ1v) is 8.36. The number of fused-ring (bicyclic) bond motifs is 5. The Bertz CT molecular complexity index is 554. The number of amides is 1. The fourth-order valence-corrected chi connectivity index (χ4v) is 5.05. The Balaban J connectivity index is 1.35. The van der Waals surface area contributed by atoms with Crippen LogP contribution in [0.25, 0.3) is 0 Å². The molecule has 4 nitrogen and oxygen atoms in total. The quantitative estimate of drug-likeness (QED) is 0.775. The molecule has 0 saturated heterocycles. The molecule has 0 spiro atoms. The topological polar surface area (TPSA) is 69.6 Å². The molecule has 1 aromatic rings. The van der Waals surface area contributed by atoms with Gasteiger partial charge in [0.05, 0.1) is 12.6 Å². The number of aliphatic hydroxyl groups excluding tert-OH is 1. The number of rotatable bonds is 5. The first-order chi connectivity index (χ1) is 10.7. The zero-order valence-corrected chi connectivity index (χ0v) is 12.6. The lowest BCUT2D eigenvalue weighted by Gasteiger charge is -2.18. The molecule has 1 aromatic carbocycles. The third kappa shape index (κ3) is 2.30. The molecule has 5 atom stereocenters. The van der Waals surface area contributed by atoms with Gasteiger partial charge in [0, 0.05) is 5.92 Å². The van der Waals surface area contributed by atoms with Crippen LogP contribution in [0.2, 0.25) is 0 Å². The van der Waals surface area contributed by atoms with E-state index in [0.717, 1.165) is 17.4 Å². The third-order valence-corrected chi connectivity index (χ3v) is 6.02. The Morgan fingerprint density at radius 1 is 1.18 bits per heavy atom. The number of benzene rings is 1. The van der Waals surface area contributed by atoms with Gasteiger partial charge in [0.1, 0.15) is 5.75 Å². The van der Waals surface area contributed by atoms with Crippen LogP contribution in [0.5, 0.6) is 5.75 Å². The number of phenols is 1. The normalized spacial score (nSPS) is 36.0. The highest BCUT2D eigenvalue weighted by Gasteiger charge is 2.67. The summed E-state index contributed by atoms with van der Waals surface area (Å²) in [5.41, 5.74) is 1.01. The maximum absolute atomic E-state index is 12.5. The van der Waals surface area contributed by atoms with Crippen molar-refractivity contribution in [2.75, 3.05) is 6.61 Å². The van der Waals surface area contributed by atoms with E-state index in [1.54, 1.807) is 12.1 Å². The maximum atomic E-state index is 12.5. The van der Waals surface area contributed by atoms with E-state index < -0.39 is 0 Å². The zero-order chi connectivity index (χ0) is 15.3.